The monoisotopic (exact) mass is 497 g/mol. The molecule has 0 saturated carbocycles. The van der Waals surface area contributed by atoms with Crippen LogP contribution in [0.25, 0.3) is 11.2 Å². The number of aryl methyl sites for hydroxylation is 1. The Hall–Kier alpha value is -2.33. The van der Waals surface area contributed by atoms with Crippen molar-refractivity contribution >= 4 is 36.9 Å². The zero-order chi connectivity index (χ0) is 22.1. The highest BCUT2D eigenvalue weighted by molar-refractivity contribution is 9.10. The van der Waals surface area contributed by atoms with Gasteiger partial charge < -0.3 is 9.47 Å². The van der Waals surface area contributed by atoms with Crippen LogP contribution >= 0.6 is 15.9 Å². The molecule has 3 aromatic rings. The number of fused-ring (bicyclic) bond motifs is 1. The zero-order valence-electron chi connectivity index (χ0n) is 17.3. The maximum Gasteiger partial charge on any atom is 0.330 e. The summed E-state index contributed by atoms with van der Waals surface area (Å²) in [6, 6.07) is 6.93. The Bertz CT molecular complexity index is 1230. The van der Waals surface area contributed by atoms with Crippen LogP contribution in [0.5, 0.6) is 11.5 Å². The summed E-state index contributed by atoms with van der Waals surface area (Å²) in [5.74, 6) is 1.07. The van der Waals surface area contributed by atoms with E-state index in [9.17, 15) is 13.2 Å². The van der Waals surface area contributed by atoms with Crippen molar-refractivity contribution in [2.45, 2.75) is 26.4 Å². The molecule has 10 heteroatoms. The fourth-order valence-corrected chi connectivity index (χ4v) is 4.16. The molecule has 1 atom stereocenters. The van der Waals surface area contributed by atoms with E-state index < -0.39 is 9.84 Å². The molecule has 0 bridgehead atoms. The molecule has 0 unspecified atom stereocenters. The van der Waals surface area contributed by atoms with Crippen LogP contribution in [-0.4, -0.2) is 48.3 Å². The van der Waals surface area contributed by atoms with E-state index in [1.54, 1.807) is 30.0 Å². The van der Waals surface area contributed by atoms with E-state index in [-0.39, 0.29) is 24.0 Å². The number of rotatable bonds is 8. The van der Waals surface area contributed by atoms with Crippen LogP contribution in [0, 0.1) is 0 Å². The van der Waals surface area contributed by atoms with Gasteiger partial charge in [-0.3, -0.25) is 9.13 Å². The van der Waals surface area contributed by atoms with Gasteiger partial charge in [-0.2, -0.15) is 0 Å². The molecule has 0 saturated heterocycles. The predicted octanol–water partition coefficient (Wildman–Crippen LogP) is 3.02. The second-order valence-corrected chi connectivity index (χ2v) is 10.1. The molecule has 8 nitrogen and oxygen atoms in total. The molecule has 0 radical (unpaired) electrons. The van der Waals surface area contributed by atoms with Gasteiger partial charge in [-0.1, -0.05) is 6.07 Å². The number of nitrogens with zero attached hydrogens (tertiary/aromatic N) is 3. The standard InChI is InChI=1S/C20H24BrN3O5S/c1-5-29-18-10-14(6-7-17(18)28-3)13(2)24-19-16(11-15(21)12-22-19)23(20(24)25)8-9-30(4,26)27/h6-7,10-13H,5,8-9H2,1-4H3/t13-/m1/s1. The van der Waals surface area contributed by atoms with Crippen molar-refractivity contribution < 1.29 is 17.9 Å². The van der Waals surface area contributed by atoms with Crippen molar-refractivity contribution in [3.63, 3.8) is 0 Å². The Kier molecular flexibility index (Phi) is 6.56. The van der Waals surface area contributed by atoms with Gasteiger partial charge >= 0.3 is 5.69 Å². The molecule has 0 N–H and O–H groups in total. The summed E-state index contributed by atoms with van der Waals surface area (Å²) < 4.78 is 38.1. The lowest BCUT2D eigenvalue weighted by molar-refractivity contribution is 0.310. The number of hydrogen-bond acceptors (Lipinski definition) is 6. The highest BCUT2D eigenvalue weighted by Gasteiger charge is 2.22. The number of sulfone groups is 1. The van der Waals surface area contributed by atoms with Crippen molar-refractivity contribution in [1.29, 1.82) is 0 Å². The SMILES string of the molecule is CCOc1cc([C@@H](C)n2c(=O)n(CCS(C)(=O)=O)c3cc(Br)cnc32)ccc1OC. The number of imidazole rings is 1. The van der Waals surface area contributed by atoms with Gasteiger partial charge in [-0.25, -0.2) is 18.2 Å². The third-order valence-corrected chi connectivity index (χ3v) is 6.17. The van der Waals surface area contributed by atoms with E-state index in [0.29, 0.717) is 33.7 Å². The fourth-order valence-electron chi connectivity index (χ4n) is 3.32. The van der Waals surface area contributed by atoms with Crippen LogP contribution in [0.3, 0.4) is 0 Å². The quantitative estimate of drug-likeness (QED) is 0.474. The molecule has 2 aromatic heterocycles. The number of halogens is 1. The van der Waals surface area contributed by atoms with Crippen LogP contribution in [-0.2, 0) is 16.4 Å². The molecule has 0 aliphatic carbocycles. The summed E-state index contributed by atoms with van der Waals surface area (Å²) in [4.78, 5) is 17.7. The maximum atomic E-state index is 13.3. The molecule has 162 valence electrons. The topological polar surface area (TPSA) is 92.4 Å². The molecule has 30 heavy (non-hydrogen) atoms. The number of hydrogen-bond donors (Lipinski definition) is 0. The lowest BCUT2D eigenvalue weighted by atomic mass is 10.1. The normalized spacial score (nSPS) is 12.8. The first-order chi connectivity index (χ1) is 14.2. The third kappa shape index (κ3) is 4.54. The molecule has 0 fully saturated rings. The van der Waals surface area contributed by atoms with E-state index >= 15 is 0 Å². The highest BCUT2D eigenvalue weighted by Crippen LogP contribution is 2.32. The first-order valence-electron chi connectivity index (χ1n) is 9.41. The summed E-state index contributed by atoms with van der Waals surface area (Å²) in [6.45, 7) is 4.31. The molecule has 0 spiro atoms. The number of benzene rings is 1. The Morgan fingerprint density at radius 2 is 1.97 bits per heavy atom. The molecule has 2 heterocycles. The second-order valence-electron chi connectivity index (χ2n) is 6.95. The molecule has 3 rings (SSSR count). The first-order valence-corrected chi connectivity index (χ1v) is 12.3. The second kappa shape index (κ2) is 8.81. The summed E-state index contributed by atoms with van der Waals surface area (Å²) >= 11 is 3.38. The Morgan fingerprint density at radius 1 is 1.23 bits per heavy atom. The largest absolute Gasteiger partial charge is 0.493 e. The molecular weight excluding hydrogens is 474 g/mol. The number of pyridine rings is 1. The van der Waals surface area contributed by atoms with Gasteiger partial charge in [0.15, 0.2) is 17.1 Å². The lowest BCUT2D eigenvalue weighted by Gasteiger charge is -2.16. The maximum absolute atomic E-state index is 13.3. The molecule has 1 aromatic carbocycles. The minimum atomic E-state index is -3.23. The van der Waals surface area contributed by atoms with Gasteiger partial charge in [0.2, 0.25) is 0 Å². The average Bonchev–Trinajstić information content (AvgIpc) is 2.96. The van der Waals surface area contributed by atoms with E-state index in [0.717, 1.165) is 11.8 Å². The Balaban J connectivity index is 2.15. The van der Waals surface area contributed by atoms with Crippen LogP contribution < -0.4 is 15.2 Å². The van der Waals surface area contributed by atoms with Crippen LogP contribution in [0.4, 0.5) is 0 Å². The van der Waals surface area contributed by atoms with E-state index in [1.165, 1.54) is 4.57 Å². The summed E-state index contributed by atoms with van der Waals surface area (Å²) in [6.07, 6.45) is 2.77. The van der Waals surface area contributed by atoms with Crippen LogP contribution in [0.1, 0.15) is 25.5 Å². The summed E-state index contributed by atoms with van der Waals surface area (Å²) in [5.41, 5.74) is 1.58. The van der Waals surface area contributed by atoms with E-state index in [4.69, 9.17) is 9.47 Å². The molecular formula is C20H24BrN3O5S. The van der Waals surface area contributed by atoms with Gasteiger partial charge in [-0.15, -0.1) is 0 Å². The van der Waals surface area contributed by atoms with Gasteiger partial charge in [0.1, 0.15) is 9.84 Å². The first kappa shape index (κ1) is 22.4. The van der Waals surface area contributed by atoms with Crippen molar-refractivity contribution in [1.82, 2.24) is 14.1 Å². The smallest absolute Gasteiger partial charge is 0.330 e. The van der Waals surface area contributed by atoms with Crippen molar-refractivity contribution in [2.24, 2.45) is 0 Å². The Morgan fingerprint density at radius 3 is 2.60 bits per heavy atom. The van der Waals surface area contributed by atoms with Crippen LogP contribution in [0.15, 0.2) is 39.7 Å². The Labute approximate surface area is 183 Å². The molecule has 0 amide bonds. The number of ether oxygens (including phenoxy) is 2. The van der Waals surface area contributed by atoms with Gasteiger partial charge in [-0.05, 0) is 53.5 Å². The van der Waals surface area contributed by atoms with Gasteiger partial charge in [0.05, 0.1) is 31.0 Å². The highest BCUT2D eigenvalue weighted by atomic mass is 79.9. The summed E-state index contributed by atoms with van der Waals surface area (Å²) in [7, 11) is -1.66. The molecule has 0 aliphatic heterocycles. The number of aromatic nitrogens is 3. The van der Waals surface area contributed by atoms with Crippen LogP contribution in [0.2, 0.25) is 0 Å². The minimum Gasteiger partial charge on any atom is -0.493 e. The van der Waals surface area contributed by atoms with Crippen molar-refractivity contribution in [2.75, 3.05) is 25.7 Å². The average molecular weight is 498 g/mol. The lowest BCUT2D eigenvalue weighted by Crippen LogP contribution is -2.29. The van der Waals surface area contributed by atoms with Gasteiger partial charge in [0, 0.05) is 23.5 Å². The van der Waals surface area contributed by atoms with Gasteiger partial charge in [0.25, 0.3) is 0 Å². The summed E-state index contributed by atoms with van der Waals surface area (Å²) in [5, 5.41) is 0. The zero-order valence-corrected chi connectivity index (χ0v) is 19.7. The van der Waals surface area contributed by atoms with Crippen molar-refractivity contribution in [3.8, 4) is 11.5 Å². The molecule has 0 aliphatic rings. The van der Waals surface area contributed by atoms with E-state index in [1.807, 2.05) is 26.0 Å². The number of methoxy groups -OCH3 is 1. The van der Waals surface area contributed by atoms with Crippen molar-refractivity contribution in [3.05, 3.63) is 51.0 Å². The minimum absolute atomic E-state index is 0.0544. The predicted molar refractivity (Wildman–Crippen MR) is 119 cm³/mol. The van der Waals surface area contributed by atoms with E-state index in [2.05, 4.69) is 20.9 Å². The third-order valence-electron chi connectivity index (χ3n) is 4.81. The fraction of sp³-hybridized carbons (Fsp3) is 0.400.